The molecule has 1 atom stereocenters. The van der Waals surface area contributed by atoms with E-state index in [1.165, 1.54) is 0 Å². The van der Waals surface area contributed by atoms with Crippen LogP contribution in [0.5, 0.6) is 5.75 Å². The van der Waals surface area contributed by atoms with E-state index in [9.17, 15) is 0 Å². The summed E-state index contributed by atoms with van der Waals surface area (Å²) in [5.41, 5.74) is 7.96. The molecule has 0 aliphatic heterocycles. The molecule has 2 N–H and O–H groups in total. The molecule has 2 aromatic rings. The van der Waals surface area contributed by atoms with Gasteiger partial charge in [0, 0.05) is 10.5 Å². The third-order valence-electron chi connectivity index (χ3n) is 2.95. The number of nitrogens with two attached hydrogens (primary N) is 1. The van der Waals surface area contributed by atoms with Gasteiger partial charge in [-0.2, -0.15) is 0 Å². The molecule has 0 aliphatic rings. The Bertz CT molecular complexity index is 632. The quantitative estimate of drug-likeness (QED) is 0.761. The van der Waals surface area contributed by atoms with E-state index in [0.717, 1.165) is 27.8 Å². The van der Waals surface area contributed by atoms with Gasteiger partial charge in [-0.25, -0.2) is 0 Å². The Hall–Kier alpha value is -0.740. The van der Waals surface area contributed by atoms with Crippen molar-refractivity contribution in [2.75, 3.05) is 0 Å². The molecule has 0 bridgehead atoms. The summed E-state index contributed by atoms with van der Waals surface area (Å²) in [7, 11) is 0. The van der Waals surface area contributed by atoms with Crippen LogP contribution in [0.4, 0.5) is 0 Å². The van der Waals surface area contributed by atoms with Crippen LogP contribution in [-0.4, -0.2) is 6.04 Å². The maximum atomic E-state index is 5.99. The monoisotopic (exact) mass is 387 g/mol. The average molecular weight is 389 g/mol. The van der Waals surface area contributed by atoms with Crippen molar-refractivity contribution in [1.29, 1.82) is 0 Å². The maximum Gasteiger partial charge on any atom is 0.120 e. The fourth-order valence-corrected chi connectivity index (χ4v) is 2.67. The maximum absolute atomic E-state index is 5.99. The molecule has 0 amide bonds. The molecule has 1 unspecified atom stereocenters. The molecule has 0 fully saturated rings. The van der Waals surface area contributed by atoms with E-state index in [0.29, 0.717) is 16.7 Å². The van der Waals surface area contributed by atoms with Gasteiger partial charge in [-0.3, -0.25) is 0 Å². The molecule has 5 heteroatoms. The summed E-state index contributed by atoms with van der Waals surface area (Å²) >= 11 is 15.4. The lowest BCUT2D eigenvalue weighted by Crippen LogP contribution is -2.18. The predicted molar refractivity (Wildman–Crippen MR) is 92.3 cm³/mol. The summed E-state index contributed by atoms with van der Waals surface area (Å²) in [4.78, 5) is 0. The molecule has 0 heterocycles. The first kappa shape index (κ1) is 16.6. The standard InChI is InChI=1S/C16H16BrCl2NO/c1-10(20)6-12-8-13(3-4-14(12)17)21-9-11-2-5-15(18)16(19)7-11/h2-5,7-8,10H,6,9,20H2,1H3. The highest BCUT2D eigenvalue weighted by Crippen LogP contribution is 2.26. The van der Waals surface area contributed by atoms with Crippen LogP contribution in [-0.2, 0) is 13.0 Å². The Kier molecular flexibility index (Phi) is 5.94. The number of benzene rings is 2. The second-order valence-corrected chi connectivity index (χ2v) is 6.64. The first-order valence-electron chi connectivity index (χ1n) is 6.56. The Labute approximate surface area is 143 Å². The van der Waals surface area contributed by atoms with Crippen molar-refractivity contribution >= 4 is 39.1 Å². The highest BCUT2D eigenvalue weighted by Gasteiger charge is 2.06. The van der Waals surface area contributed by atoms with E-state index in [1.807, 2.05) is 37.3 Å². The summed E-state index contributed by atoms with van der Waals surface area (Å²) in [6.45, 7) is 2.42. The molecule has 0 radical (unpaired) electrons. The van der Waals surface area contributed by atoms with Crippen LogP contribution >= 0.6 is 39.1 Å². The highest BCUT2D eigenvalue weighted by molar-refractivity contribution is 9.10. The van der Waals surface area contributed by atoms with Crippen molar-refractivity contribution in [1.82, 2.24) is 0 Å². The molecule has 0 saturated carbocycles. The largest absolute Gasteiger partial charge is 0.489 e. The van der Waals surface area contributed by atoms with Crippen molar-refractivity contribution in [3.8, 4) is 5.75 Å². The van der Waals surface area contributed by atoms with E-state index in [-0.39, 0.29) is 6.04 Å². The SMILES string of the molecule is CC(N)Cc1cc(OCc2ccc(Cl)c(Cl)c2)ccc1Br. The zero-order chi connectivity index (χ0) is 15.4. The zero-order valence-electron chi connectivity index (χ0n) is 11.6. The molecule has 21 heavy (non-hydrogen) atoms. The van der Waals surface area contributed by atoms with Crippen molar-refractivity contribution in [2.24, 2.45) is 5.73 Å². The van der Waals surface area contributed by atoms with Crippen LogP contribution in [0.25, 0.3) is 0 Å². The summed E-state index contributed by atoms with van der Waals surface area (Å²) < 4.78 is 6.84. The molecule has 0 aliphatic carbocycles. The zero-order valence-corrected chi connectivity index (χ0v) is 14.7. The fraction of sp³-hybridized carbons (Fsp3) is 0.250. The Morgan fingerprint density at radius 2 is 1.90 bits per heavy atom. The van der Waals surface area contributed by atoms with Crippen molar-refractivity contribution in [2.45, 2.75) is 26.0 Å². The topological polar surface area (TPSA) is 35.2 Å². The summed E-state index contributed by atoms with van der Waals surface area (Å²) in [6.07, 6.45) is 0.796. The minimum Gasteiger partial charge on any atom is -0.489 e. The van der Waals surface area contributed by atoms with Gasteiger partial charge in [0.15, 0.2) is 0 Å². The predicted octanol–water partition coefficient (Wildman–Crippen LogP) is 5.22. The molecule has 2 nitrogen and oxygen atoms in total. The number of hydrogen-bond donors (Lipinski definition) is 1. The molecule has 2 aromatic carbocycles. The smallest absolute Gasteiger partial charge is 0.120 e. The molecular weight excluding hydrogens is 373 g/mol. The molecule has 0 saturated heterocycles. The lowest BCUT2D eigenvalue weighted by molar-refractivity contribution is 0.306. The van der Waals surface area contributed by atoms with E-state index in [1.54, 1.807) is 6.07 Å². The second kappa shape index (κ2) is 7.50. The third-order valence-corrected chi connectivity index (χ3v) is 4.46. The molecular formula is C16H16BrCl2NO. The lowest BCUT2D eigenvalue weighted by Gasteiger charge is -2.12. The normalized spacial score (nSPS) is 12.2. The van der Waals surface area contributed by atoms with Crippen LogP contribution in [0, 0.1) is 0 Å². The minimum absolute atomic E-state index is 0.103. The van der Waals surface area contributed by atoms with Gasteiger partial charge in [0.05, 0.1) is 10.0 Å². The lowest BCUT2D eigenvalue weighted by atomic mass is 10.1. The van der Waals surface area contributed by atoms with Gasteiger partial charge in [-0.15, -0.1) is 0 Å². The molecule has 0 spiro atoms. The molecule has 112 valence electrons. The number of halogens is 3. The van der Waals surface area contributed by atoms with E-state index in [2.05, 4.69) is 15.9 Å². The van der Waals surface area contributed by atoms with Crippen molar-refractivity contribution in [3.63, 3.8) is 0 Å². The summed E-state index contributed by atoms with van der Waals surface area (Å²) in [6, 6.07) is 11.5. The van der Waals surface area contributed by atoms with Gasteiger partial charge in [0.2, 0.25) is 0 Å². The van der Waals surface area contributed by atoms with Gasteiger partial charge < -0.3 is 10.5 Å². The van der Waals surface area contributed by atoms with Gasteiger partial charge in [0.25, 0.3) is 0 Å². The van der Waals surface area contributed by atoms with E-state index >= 15 is 0 Å². The van der Waals surface area contributed by atoms with Gasteiger partial charge in [-0.05, 0) is 54.8 Å². The average Bonchev–Trinajstić information content (AvgIpc) is 2.43. The van der Waals surface area contributed by atoms with Crippen LogP contribution in [0.1, 0.15) is 18.1 Å². The number of rotatable bonds is 5. The third kappa shape index (κ3) is 4.89. The first-order valence-corrected chi connectivity index (χ1v) is 8.11. The Morgan fingerprint density at radius 1 is 1.14 bits per heavy atom. The van der Waals surface area contributed by atoms with Crippen LogP contribution in [0.15, 0.2) is 40.9 Å². The van der Waals surface area contributed by atoms with Crippen molar-refractivity contribution < 1.29 is 4.74 Å². The van der Waals surface area contributed by atoms with Crippen LogP contribution in [0.2, 0.25) is 10.0 Å². The van der Waals surface area contributed by atoms with Gasteiger partial charge in [0.1, 0.15) is 12.4 Å². The Morgan fingerprint density at radius 3 is 2.57 bits per heavy atom. The number of ether oxygens (including phenoxy) is 1. The van der Waals surface area contributed by atoms with E-state index in [4.69, 9.17) is 33.7 Å². The van der Waals surface area contributed by atoms with Gasteiger partial charge >= 0.3 is 0 Å². The summed E-state index contributed by atoms with van der Waals surface area (Å²) in [5.74, 6) is 0.805. The number of hydrogen-bond acceptors (Lipinski definition) is 2. The van der Waals surface area contributed by atoms with E-state index < -0.39 is 0 Å². The van der Waals surface area contributed by atoms with Gasteiger partial charge in [-0.1, -0.05) is 45.2 Å². The fourth-order valence-electron chi connectivity index (χ4n) is 1.94. The minimum atomic E-state index is 0.103. The first-order chi connectivity index (χ1) is 9.95. The van der Waals surface area contributed by atoms with Crippen LogP contribution in [0.3, 0.4) is 0 Å². The summed E-state index contributed by atoms with van der Waals surface area (Å²) in [5, 5.41) is 1.08. The second-order valence-electron chi connectivity index (χ2n) is 4.97. The van der Waals surface area contributed by atoms with Crippen LogP contribution < -0.4 is 10.5 Å². The highest BCUT2D eigenvalue weighted by atomic mass is 79.9. The Balaban J connectivity index is 2.07. The molecule has 2 rings (SSSR count). The molecule has 0 aromatic heterocycles. The van der Waals surface area contributed by atoms with Crippen molar-refractivity contribution in [3.05, 3.63) is 62.0 Å².